The number of carbonyl (C=O) groups is 1. The Hall–Kier alpha value is -1.56. The van der Waals surface area contributed by atoms with E-state index >= 15 is 0 Å². The summed E-state index contributed by atoms with van der Waals surface area (Å²) >= 11 is 0. The molecule has 6 nitrogen and oxygen atoms in total. The molecule has 0 radical (unpaired) electrons. The van der Waals surface area contributed by atoms with E-state index in [4.69, 9.17) is 5.73 Å². The summed E-state index contributed by atoms with van der Waals surface area (Å²) < 4.78 is 0. The molecule has 1 aliphatic rings. The monoisotopic (exact) mass is 193 g/mol. The Labute approximate surface area is 81.1 Å². The van der Waals surface area contributed by atoms with Crippen molar-refractivity contribution in [3.8, 4) is 0 Å². The summed E-state index contributed by atoms with van der Waals surface area (Å²) in [6.45, 7) is 1.11. The van der Waals surface area contributed by atoms with Crippen LogP contribution in [-0.2, 0) is 4.79 Å². The fourth-order valence-electron chi connectivity index (χ4n) is 1.50. The molecular weight excluding hydrogens is 182 g/mol. The van der Waals surface area contributed by atoms with Gasteiger partial charge >= 0.3 is 0 Å². The molecule has 0 bridgehead atoms. The van der Waals surface area contributed by atoms with E-state index in [1.807, 2.05) is 0 Å². The summed E-state index contributed by atoms with van der Waals surface area (Å²) in [7, 11) is 0. The Bertz CT molecular complexity index is 328. The van der Waals surface area contributed by atoms with Crippen LogP contribution < -0.4 is 10.6 Å². The number of nitrogens with zero attached hydrogens (tertiary/aromatic N) is 4. The molecule has 6 heteroatoms. The summed E-state index contributed by atoms with van der Waals surface area (Å²) in [5.41, 5.74) is 5.50. The first-order valence-corrected chi connectivity index (χ1v) is 4.45. The van der Waals surface area contributed by atoms with E-state index in [0.29, 0.717) is 25.5 Å². The van der Waals surface area contributed by atoms with Crippen LogP contribution in [0.5, 0.6) is 0 Å². The molecule has 1 amide bonds. The Balaban J connectivity index is 2.17. The summed E-state index contributed by atoms with van der Waals surface area (Å²) in [5.74, 6) is 0.605. The van der Waals surface area contributed by atoms with Gasteiger partial charge in [-0.1, -0.05) is 0 Å². The van der Waals surface area contributed by atoms with Crippen molar-refractivity contribution in [1.29, 1.82) is 0 Å². The van der Waals surface area contributed by atoms with Crippen LogP contribution in [0.4, 0.5) is 5.95 Å². The van der Waals surface area contributed by atoms with Crippen LogP contribution in [0.2, 0.25) is 0 Å². The standard InChI is InChI=1S/C8H11N5O/c9-4-6-3-7(14)13(5-6)8-10-1-2-11-12-8/h1-2,6H,3-5,9H2. The maximum absolute atomic E-state index is 11.5. The second-order valence-electron chi connectivity index (χ2n) is 3.25. The molecule has 1 fully saturated rings. The molecule has 1 aromatic heterocycles. The number of amides is 1. The minimum absolute atomic E-state index is 0.0217. The van der Waals surface area contributed by atoms with Crippen LogP contribution >= 0.6 is 0 Å². The molecule has 14 heavy (non-hydrogen) atoms. The van der Waals surface area contributed by atoms with Gasteiger partial charge in [0.25, 0.3) is 5.95 Å². The number of rotatable bonds is 2. The zero-order chi connectivity index (χ0) is 9.97. The highest BCUT2D eigenvalue weighted by molar-refractivity contribution is 5.93. The normalized spacial score (nSPS) is 21.6. The summed E-state index contributed by atoms with van der Waals surface area (Å²) in [6, 6.07) is 0. The number of nitrogens with two attached hydrogens (primary N) is 1. The smallest absolute Gasteiger partial charge is 0.251 e. The van der Waals surface area contributed by atoms with E-state index in [0.717, 1.165) is 0 Å². The predicted molar refractivity (Wildman–Crippen MR) is 49.3 cm³/mol. The lowest BCUT2D eigenvalue weighted by Crippen LogP contribution is -2.27. The van der Waals surface area contributed by atoms with E-state index < -0.39 is 0 Å². The summed E-state index contributed by atoms with van der Waals surface area (Å²) in [6.07, 6.45) is 3.48. The van der Waals surface area contributed by atoms with Crippen LogP contribution in [0.15, 0.2) is 12.4 Å². The van der Waals surface area contributed by atoms with Crippen LogP contribution in [0, 0.1) is 5.92 Å². The van der Waals surface area contributed by atoms with Crippen molar-refractivity contribution in [3.05, 3.63) is 12.4 Å². The Morgan fingerprint density at radius 3 is 3.00 bits per heavy atom. The average Bonchev–Trinajstić information content (AvgIpc) is 2.61. The molecule has 0 saturated carbocycles. The molecule has 1 atom stereocenters. The fraction of sp³-hybridized carbons (Fsp3) is 0.500. The van der Waals surface area contributed by atoms with Crippen molar-refractivity contribution >= 4 is 11.9 Å². The van der Waals surface area contributed by atoms with E-state index in [2.05, 4.69) is 15.2 Å². The number of hydrogen-bond donors (Lipinski definition) is 1. The topological polar surface area (TPSA) is 85.0 Å². The van der Waals surface area contributed by atoms with Gasteiger partial charge in [-0.15, -0.1) is 5.10 Å². The Morgan fingerprint density at radius 1 is 1.57 bits per heavy atom. The van der Waals surface area contributed by atoms with Gasteiger partial charge in [-0.3, -0.25) is 9.69 Å². The van der Waals surface area contributed by atoms with Gasteiger partial charge in [0.15, 0.2) is 0 Å². The highest BCUT2D eigenvalue weighted by Gasteiger charge is 2.31. The minimum atomic E-state index is 0.0217. The second kappa shape index (κ2) is 3.67. The highest BCUT2D eigenvalue weighted by Crippen LogP contribution is 2.19. The van der Waals surface area contributed by atoms with E-state index in [1.165, 1.54) is 17.3 Å². The van der Waals surface area contributed by atoms with Crippen molar-refractivity contribution in [2.24, 2.45) is 11.7 Å². The van der Waals surface area contributed by atoms with Gasteiger partial charge in [0.1, 0.15) is 0 Å². The van der Waals surface area contributed by atoms with Gasteiger partial charge in [0.2, 0.25) is 5.91 Å². The fourth-order valence-corrected chi connectivity index (χ4v) is 1.50. The molecule has 2 N–H and O–H groups in total. The maximum atomic E-state index is 11.5. The average molecular weight is 193 g/mol. The molecule has 1 saturated heterocycles. The molecule has 2 rings (SSSR count). The molecule has 1 aromatic rings. The molecular formula is C8H11N5O. The maximum Gasteiger partial charge on any atom is 0.251 e. The van der Waals surface area contributed by atoms with Gasteiger partial charge in [0, 0.05) is 13.0 Å². The zero-order valence-electron chi connectivity index (χ0n) is 7.63. The van der Waals surface area contributed by atoms with E-state index in [1.54, 1.807) is 0 Å². The molecule has 0 aromatic carbocycles. The van der Waals surface area contributed by atoms with Crippen molar-refractivity contribution in [2.45, 2.75) is 6.42 Å². The number of hydrogen-bond acceptors (Lipinski definition) is 5. The highest BCUT2D eigenvalue weighted by atomic mass is 16.2. The first kappa shape index (κ1) is 9.01. The number of anilines is 1. The lowest BCUT2D eigenvalue weighted by molar-refractivity contribution is -0.117. The third-order valence-corrected chi connectivity index (χ3v) is 2.25. The minimum Gasteiger partial charge on any atom is -0.330 e. The molecule has 0 aliphatic carbocycles. The van der Waals surface area contributed by atoms with Gasteiger partial charge < -0.3 is 5.73 Å². The van der Waals surface area contributed by atoms with Crippen molar-refractivity contribution in [3.63, 3.8) is 0 Å². The molecule has 0 spiro atoms. The Morgan fingerprint density at radius 2 is 2.43 bits per heavy atom. The molecule has 1 unspecified atom stereocenters. The van der Waals surface area contributed by atoms with Gasteiger partial charge in [-0.2, -0.15) is 5.10 Å². The quantitative estimate of drug-likeness (QED) is 0.663. The third kappa shape index (κ3) is 1.56. The lowest BCUT2D eigenvalue weighted by atomic mass is 10.1. The van der Waals surface area contributed by atoms with Crippen LogP contribution in [0.3, 0.4) is 0 Å². The first-order chi connectivity index (χ1) is 6.81. The van der Waals surface area contributed by atoms with E-state index in [9.17, 15) is 4.79 Å². The molecule has 2 heterocycles. The van der Waals surface area contributed by atoms with Crippen molar-refractivity contribution < 1.29 is 4.79 Å². The van der Waals surface area contributed by atoms with Crippen molar-refractivity contribution in [1.82, 2.24) is 15.2 Å². The van der Waals surface area contributed by atoms with Gasteiger partial charge in [0.05, 0.1) is 12.4 Å². The SMILES string of the molecule is NCC1CC(=O)N(c2nccnn2)C1. The lowest BCUT2D eigenvalue weighted by Gasteiger charge is -2.12. The predicted octanol–water partition coefficient (Wildman–Crippen LogP) is -0.817. The van der Waals surface area contributed by atoms with E-state index in [-0.39, 0.29) is 11.8 Å². The molecule has 74 valence electrons. The molecule has 1 aliphatic heterocycles. The van der Waals surface area contributed by atoms with Crippen molar-refractivity contribution in [2.75, 3.05) is 18.0 Å². The summed E-state index contributed by atoms with van der Waals surface area (Å²) in [4.78, 5) is 17.0. The van der Waals surface area contributed by atoms with Gasteiger partial charge in [-0.25, -0.2) is 4.98 Å². The van der Waals surface area contributed by atoms with Crippen LogP contribution in [-0.4, -0.2) is 34.2 Å². The second-order valence-corrected chi connectivity index (χ2v) is 3.25. The first-order valence-electron chi connectivity index (χ1n) is 4.45. The largest absolute Gasteiger partial charge is 0.330 e. The number of aromatic nitrogens is 3. The third-order valence-electron chi connectivity index (χ3n) is 2.25. The summed E-state index contributed by atoms with van der Waals surface area (Å²) in [5, 5.41) is 7.46. The van der Waals surface area contributed by atoms with Crippen LogP contribution in [0.25, 0.3) is 0 Å². The van der Waals surface area contributed by atoms with Gasteiger partial charge in [-0.05, 0) is 12.5 Å². The number of carbonyl (C=O) groups excluding carboxylic acids is 1. The Kier molecular flexibility index (Phi) is 2.36. The van der Waals surface area contributed by atoms with Crippen LogP contribution in [0.1, 0.15) is 6.42 Å². The zero-order valence-corrected chi connectivity index (χ0v) is 7.63.